The fourth-order valence-corrected chi connectivity index (χ4v) is 0.965. The van der Waals surface area contributed by atoms with E-state index in [2.05, 4.69) is 17.6 Å². The Morgan fingerprint density at radius 3 is 2.17 bits per heavy atom. The lowest BCUT2D eigenvalue weighted by atomic mass is 10.3. The maximum Gasteiger partial charge on any atom is 0.0431 e. The van der Waals surface area contributed by atoms with Gasteiger partial charge in [0.05, 0.1) is 0 Å². The molecule has 0 atom stereocenters. The van der Waals surface area contributed by atoms with Crippen molar-refractivity contribution >= 4 is 0 Å². The van der Waals surface area contributed by atoms with Crippen LogP contribution in [0.3, 0.4) is 0 Å². The second-order valence-electron chi connectivity index (χ2n) is 2.93. The van der Waals surface area contributed by atoms with Gasteiger partial charge < -0.3 is 15.7 Å². The molecule has 0 heterocycles. The molecule has 0 aromatic heterocycles. The van der Waals surface area contributed by atoms with E-state index >= 15 is 0 Å². The first kappa shape index (κ1) is 11.9. The monoisotopic (exact) mass is 174 g/mol. The van der Waals surface area contributed by atoms with E-state index in [-0.39, 0.29) is 0 Å². The number of rotatable bonds is 9. The molecule has 0 aliphatic heterocycles. The summed E-state index contributed by atoms with van der Waals surface area (Å²) in [7, 11) is 0. The maximum absolute atomic E-state index is 8.50. The molecule has 0 aromatic carbocycles. The van der Waals surface area contributed by atoms with Crippen molar-refractivity contribution in [2.24, 2.45) is 0 Å². The summed E-state index contributed by atoms with van der Waals surface area (Å²) in [5.41, 5.74) is 0. The third-order valence-electron chi connectivity index (χ3n) is 1.67. The number of nitrogens with one attached hydrogen (secondary N) is 2. The van der Waals surface area contributed by atoms with Gasteiger partial charge in [-0.3, -0.25) is 0 Å². The van der Waals surface area contributed by atoms with Crippen LogP contribution in [0.5, 0.6) is 0 Å². The zero-order valence-electron chi connectivity index (χ0n) is 8.10. The van der Waals surface area contributed by atoms with Gasteiger partial charge in [-0.05, 0) is 32.4 Å². The molecule has 0 radical (unpaired) electrons. The maximum atomic E-state index is 8.50. The molecule has 0 aromatic rings. The van der Waals surface area contributed by atoms with Crippen molar-refractivity contribution in [3.8, 4) is 0 Å². The molecule has 3 heteroatoms. The molecule has 0 bridgehead atoms. The summed E-state index contributed by atoms with van der Waals surface area (Å²) in [4.78, 5) is 0. The van der Waals surface area contributed by atoms with Crippen LogP contribution < -0.4 is 10.6 Å². The summed E-state index contributed by atoms with van der Waals surface area (Å²) in [6, 6.07) is 0. The van der Waals surface area contributed by atoms with E-state index in [1.807, 2.05) is 0 Å². The minimum atomic E-state index is 0.315. The minimum absolute atomic E-state index is 0.315. The highest BCUT2D eigenvalue weighted by Gasteiger charge is 1.87. The highest BCUT2D eigenvalue weighted by Crippen LogP contribution is 1.82. The summed E-state index contributed by atoms with van der Waals surface area (Å²) in [6.45, 7) is 6.70. The lowest BCUT2D eigenvalue weighted by Crippen LogP contribution is -2.28. The van der Waals surface area contributed by atoms with Crippen LogP contribution in [0.4, 0.5) is 0 Å². The Kier molecular flexibility index (Phi) is 10.8. The van der Waals surface area contributed by atoms with E-state index < -0.39 is 0 Å². The number of hydrogen-bond acceptors (Lipinski definition) is 3. The van der Waals surface area contributed by atoms with Crippen molar-refractivity contribution in [3.05, 3.63) is 0 Å². The second kappa shape index (κ2) is 10.9. The largest absolute Gasteiger partial charge is 0.396 e. The van der Waals surface area contributed by atoms with Crippen molar-refractivity contribution in [2.75, 3.05) is 32.8 Å². The molecule has 0 aliphatic rings. The van der Waals surface area contributed by atoms with Gasteiger partial charge in [0, 0.05) is 19.7 Å². The molecule has 0 fully saturated rings. The van der Waals surface area contributed by atoms with Crippen LogP contribution in [0, 0.1) is 0 Å². The molecule has 0 aliphatic carbocycles. The molecule has 12 heavy (non-hydrogen) atoms. The third-order valence-corrected chi connectivity index (χ3v) is 1.67. The molecule has 3 nitrogen and oxygen atoms in total. The number of hydrogen-bond donors (Lipinski definition) is 3. The first-order valence-corrected chi connectivity index (χ1v) is 4.94. The molecule has 0 rings (SSSR count). The molecular weight excluding hydrogens is 152 g/mol. The summed E-state index contributed by atoms with van der Waals surface area (Å²) in [5, 5.41) is 15.1. The predicted molar refractivity (Wildman–Crippen MR) is 52.4 cm³/mol. The van der Waals surface area contributed by atoms with E-state index in [1.54, 1.807) is 0 Å². The number of aliphatic hydroxyl groups excluding tert-OH is 1. The van der Waals surface area contributed by atoms with Crippen LogP contribution in [-0.2, 0) is 0 Å². The molecule has 0 saturated carbocycles. The highest BCUT2D eigenvalue weighted by molar-refractivity contribution is 4.51. The van der Waals surface area contributed by atoms with Crippen LogP contribution in [0.15, 0.2) is 0 Å². The summed E-state index contributed by atoms with van der Waals surface area (Å²) < 4.78 is 0. The van der Waals surface area contributed by atoms with E-state index in [4.69, 9.17) is 5.11 Å². The molecule has 74 valence electrons. The Balaban J connectivity index is 2.73. The van der Waals surface area contributed by atoms with Crippen LogP contribution in [-0.4, -0.2) is 37.9 Å². The van der Waals surface area contributed by atoms with Gasteiger partial charge >= 0.3 is 0 Å². The molecular formula is C9H22N2O. The topological polar surface area (TPSA) is 44.3 Å². The summed E-state index contributed by atoms with van der Waals surface area (Å²) in [6.07, 6.45) is 3.18. The van der Waals surface area contributed by atoms with E-state index in [9.17, 15) is 0 Å². The van der Waals surface area contributed by atoms with E-state index in [0.717, 1.165) is 39.0 Å². The van der Waals surface area contributed by atoms with Crippen molar-refractivity contribution in [1.29, 1.82) is 0 Å². The number of aliphatic hydroxyl groups is 1. The lowest BCUT2D eigenvalue weighted by molar-refractivity contribution is 0.284. The zero-order chi connectivity index (χ0) is 9.07. The van der Waals surface area contributed by atoms with Crippen molar-refractivity contribution < 1.29 is 5.11 Å². The van der Waals surface area contributed by atoms with Gasteiger partial charge in [-0.25, -0.2) is 0 Å². The van der Waals surface area contributed by atoms with Crippen molar-refractivity contribution in [3.63, 3.8) is 0 Å². The Labute approximate surface area is 75.6 Å². The summed E-state index contributed by atoms with van der Waals surface area (Å²) in [5.74, 6) is 0. The minimum Gasteiger partial charge on any atom is -0.396 e. The summed E-state index contributed by atoms with van der Waals surface area (Å²) >= 11 is 0. The number of unbranched alkanes of at least 4 members (excludes halogenated alkanes) is 1. The smallest absolute Gasteiger partial charge is 0.0431 e. The van der Waals surface area contributed by atoms with Gasteiger partial charge in [-0.15, -0.1) is 0 Å². The molecule has 0 unspecified atom stereocenters. The van der Waals surface area contributed by atoms with Gasteiger partial charge in [0.2, 0.25) is 0 Å². The van der Waals surface area contributed by atoms with Gasteiger partial charge in [0.25, 0.3) is 0 Å². The van der Waals surface area contributed by atoms with Crippen LogP contribution in [0.2, 0.25) is 0 Å². The quantitative estimate of drug-likeness (QED) is 0.442. The van der Waals surface area contributed by atoms with Crippen LogP contribution >= 0.6 is 0 Å². The first-order chi connectivity index (χ1) is 5.91. The Morgan fingerprint density at radius 2 is 1.58 bits per heavy atom. The van der Waals surface area contributed by atoms with Gasteiger partial charge in [0.1, 0.15) is 0 Å². The highest BCUT2D eigenvalue weighted by atomic mass is 16.2. The fraction of sp³-hybridized carbons (Fsp3) is 1.00. The standard InChI is InChI=1S/C9H22N2O/c1-2-5-10-7-8-11-6-3-4-9-12/h10-12H,2-9H2,1H3. The third kappa shape index (κ3) is 9.88. The van der Waals surface area contributed by atoms with Crippen LogP contribution in [0.25, 0.3) is 0 Å². The average molecular weight is 174 g/mol. The Bertz CT molecular complexity index is 68.9. The fourth-order valence-electron chi connectivity index (χ4n) is 0.965. The normalized spacial score (nSPS) is 10.5. The first-order valence-electron chi connectivity index (χ1n) is 4.94. The predicted octanol–water partition coefficient (Wildman–Crippen LogP) is 0.348. The van der Waals surface area contributed by atoms with Crippen molar-refractivity contribution in [1.82, 2.24) is 10.6 Å². The zero-order valence-corrected chi connectivity index (χ0v) is 8.10. The second-order valence-corrected chi connectivity index (χ2v) is 2.93. The van der Waals surface area contributed by atoms with Gasteiger partial charge in [-0.2, -0.15) is 0 Å². The van der Waals surface area contributed by atoms with Crippen molar-refractivity contribution in [2.45, 2.75) is 26.2 Å². The SMILES string of the molecule is CCCNCCNCCCCO. The molecule has 0 amide bonds. The Morgan fingerprint density at radius 1 is 0.917 bits per heavy atom. The average Bonchev–Trinajstić information content (AvgIpc) is 2.10. The molecule has 3 N–H and O–H groups in total. The van der Waals surface area contributed by atoms with Gasteiger partial charge in [-0.1, -0.05) is 6.92 Å². The molecule has 0 spiro atoms. The Hall–Kier alpha value is -0.120. The van der Waals surface area contributed by atoms with Gasteiger partial charge in [0.15, 0.2) is 0 Å². The lowest BCUT2D eigenvalue weighted by Gasteiger charge is -2.04. The molecule has 0 saturated heterocycles. The van der Waals surface area contributed by atoms with Crippen LogP contribution in [0.1, 0.15) is 26.2 Å². The van der Waals surface area contributed by atoms with E-state index in [1.165, 1.54) is 6.42 Å². The van der Waals surface area contributed by atoms with E-state index in [0.29, 0.717) is 6.61 Å².